The number of halogens is 5. The lowest BCUT2D eigenvalue weighted by molar-refractivity contribution is -0.275. The summed E-state index contributed by atoms with van der Waals surface area (Å²) >= 11 is 3.49. The number of benzene rings is 2. The van der Waals surface area contributed by atoms with Gasteiger partial charge in [-0.2, -0.15) is 0 Å². The van der Waals surface area contributed by atoms with Gasteiger partial charge in [0, 0.05) is 53.8 Å². The second-order valence-corrected chi connectivity index (χ2v) is 12.6. The van der Waals surface area contributed by atoms with E-state index in [1.165, 1.54) is 18.2 Å². The number of fused-ring (bicyclic) bond motifs is 1. The number of hydrogen-bond donors (Lipinski definition) is 1. The van der Waals surface area contributed by atoms with E-state index in [0.29, 0.717) is 34.4 Å². The number of amides is 1. The largest absolute Gasteiger partial charge is 0.573 e. The van der Waals surface area contributed by atoms with Crippen LogP contribution in [-0.4, -0.2) is 49.2 Å². The van der Waals surface area contributed by atoms with Gasteiger partial charge in [0.2, 0.25) is 6.36 Å². The second kappa shape index (κ2) is 15.9. The number of ether oxygens (including phenoxy) is 2. The standard InChI is InChI=1S/C34H40BrF4N3O4/c1-4-9-29(36)45-30(43)16-13-23(25-11-6-7-12-28(25)46-34(37,38)39)19-40-33(44)31-21(3)32(42-17-8-10-22(5-2)20-42)41-27-15-14-24(35)18-26(27)31/h6-7,11-12,14-15,18,22-23,29H,4-5,8-10,13,16-17,19-20H2,1-3H3,(H,40,44). The molecule has 3 unspecified atom stereocenters. The van der Waals surface area contributed by atoms with Crippen molar-refractivity contribution in [1.82, 2.24) is 10.3 Å². The Morgan fingerprint density at radius 2 is 1.91 bits per heavy atom. The van der Waals surface area contributed by atoms with Crippen molar-refractivity contribution in [2.24, 2.45) is 5.92 Å². The number of rotatable bonds is 13. The topological polar surface area (TPSA) is 80.8 Å². The van der Waals surface area contributed by atoms with Crippen molar-refractivity contribution in [1.29, 1.82) is 0 Å². The van der Waals surface area contributed by atoms with E-state index in [1.54, 1.807) is 13.0 Å². The Balaban J connectivity index is 1.65. The molecule has 3 aromatic rings. The maximum Gasteiger partial charge on any atom is 0.573 e. The first-order valence-corrected chi connectivity index (χ1v) is 16.5. The van der Waals surface area contributed by atoms with E-state index in [4.69, 9.17) is 9.72 Å². The predicted molar refractivity (Wildman–Crippen MR) is 173 cm³/mol. The number of anilines is 1. The minimum Gasteiger partial charge on any atom is -0.431 e. The lowest BCUT2D eigenvalue weighted by Crippen LogP contribution is -2.37. The fourth-order valence-corrected chi connectivity index (χ4v) is 6.36. The molecule has 0 aliphatic carbocycles. The van der Waals surface area contributed by atoms with Gasteiger partial charge in [0.1, 0.15) is 11.6 Å². The number of pyridine rings is 1. The zero-order chi connectivity index (χ0) is 33.4. The summed E-state index contributed by atoms with van der Waals surface area (Å²) in [6, 6.07) is 11.1. The van der Waals surface area contributed by atoms with Gasteiger partial charge in [-0.15, -0.1) is 13.2 Å². The van der Waals surface area contributed by atoms with Crippen molar-refractivity contribution < 1.29 is 36.6 Å². The smallest absolute Gasteiger partial charge is 0.431 e. The van der Waals surface area contributed by atoms with E-state index in [9.17, 15) is 27.2 Å². The third-order valence-corrected chi connectivity index (χ3v) is 8.85. The Kier molecular flexibility index (Phi) is 12.3. The van der Waals surface area contributed by atoms with Gasteiger partial charge in [0.05, 0.1) is 11.1 Å². The lowest BCUT2D eigenvalue weighted by Gasteiger charge is -2.34. The highest BCUT2D eigenvalue weighted by atomic mass is 79.9. The van der Waals surface area contributed by atoms with Gasteiger partial charge >= 0.3 is 12.3 Å². The summed E-state index contributed by atoms with van der Waals surface area (Å²) in [6.45, 7) is 7.31. The van der Waals surface area contributed by atoms with Crippen molar-refractivity contribution in [3.8, 4) is 5.75 Å². The highest BCUT2D eigenvalue weighted by Crippen LogP contribution is 2.35. The van der Waals surface area contributed by atoms with Crippen LogP contribution in [0.15, 0.2) is 46.9 Å². The molecule has 0 spiro atoms. The first-order valence-electron chi connectivity index (χ1n) is 15.7. The minimum atomic E-state index is -4.95. The highest BCUT2D eigenvalue weighted by molar-refractivity contribution is 9.10. The number of alkyl halides is 4. The third kappa shape index (κ3) is 9.33. The molecule has 2 heterocycles. The fraction of sp³-hybridized carbons (Fsp3) is 0.500. The molecule has 1 aromatic heterocycles. The summed E-state index contributed by atoms with van der Waals surface area (Å²) in [4.78, 5) is 33.6. The number of piperidine rings is 1. The zero-order valence-corrected chi connectivity index (χ0v) is 27.8. The molecule has 1 amide bonds. The van der Waals surface area contributed by atoms with Gasteiger partial charge in [-0.25, -0.2) is 9.37 Å². The quantitative estimate of drug-likeness (QED) is 0.141. The first kappa shape index (κ1) is 35.4. The Bertz CT molecular complexity index is 1520. The molecule has 1 N–H and O–H groups in total. The van der Waals surface area contributed by atoms with Crippen LogP contribution in [-0.2, 0) is 9.53 Å². The number of para-hydroxylation sites is 1. The third-order valence-electron chi connectivity index (χ3n) is 8.35. The molecule has 0 saturated carbocycles. The lowest BCUT2D eigenvalue weighted by atomic mass is 9.92. The normalized spacial score (nSPS) is 16.6. The number of carbonyl (C=O) groups excluding carboxylic acids is 2. The Labute approximate surface area is 275 Å². The van der Waals surface area contributed by atoms with Crippen LogP contribution in [0.3, 0.4) is 0 Å². The van der Waals surface area contributed by atoms with E-state index in [2.05, 4.69) is 37.8 Å². The average molecular weight is 711 g/mol. The van der Waals surface area contributed by atoms with E-state index in [1.807, 2.05) is 25.1 Å². The molecular weight excluding hydrogens is 670 g/mol. The number of carbonyl (C=O) groups is 2. The SMILES string of the molecule is CCCC(F)OC(=O)CCC(CNC(=O)c1c(C)c(N2CCCC(CC)C2)nc2ccc(Br)cc12)c1ccccc1OC(F)(F)F. The monoisotopic (exact) mass is 709 g/mol. The molecule has 12 heteroatoms. The van der Waals surface area contributed by atoms with Crippen LogP contribution in [0.5, 0.6) is 5.75 Å². The first-order chi connectivity index (χ1) is 21.9. The number of hydrogen-bond acceptors (Lipinski definition) is 6. The van der Waals surface area contributed by atoms with Crippen LogP contribution in [0, 0.1) is 12.8 Å². The second-order valence-electron chi connectivity index (χ2n) is 11.7. The molecule has 250 valence electrons. The van der Waals surface area contributed by atoms with Crippen molar-refractivity contribution in [3.05, 3.63) is 63.6 Å². The molecule has 7 nitrogen and oxygen atoms in total. The maximum atomic E-state index is 14.0. The van der Waals surface area contributed by atoms with Gasteiger partial charge in [-0.1, -0.05) is 54.4 Å². The molecule has 0 bridgehead atoms. The van der Waals surface area contributed by atoms with E-state index in [0.717, 1.165) is 42.6 Å². The molecule has 1 saturated heterocycles. The summed E-state index contributed by atoms with van der Waals surface area (Å²) in [5, 5.41) is 3.54. The molecule has 2 aromatic carbocycles. The van der Waals surface area contributed by atoms with Crippen LogP contribution in [0.4, 0.5) is 23.4 Å². The summed E-state index contributed by atoms with van der Waals surface area (Å²) in [5.41, 5.74) is 1.91. The predicted octanol–water partition coefficient (Wildman–Crippen LogP) is 8.76. The Hall–Kier alpha value is -3.41. The van der Waals surface area contributed by atoms with Crippen LogP contribution >= 0.6 is 15.9 Å². The Morgan fingerprint density at radius 3 is 2.63 bits per heavy atom. The molecular formula is C34H40BrF4N3O4. The summed E-state index contributed by atoms with van der Waals surface area (Å²) in [7, 11) is 0. The van der Waals surface area contributed by atoms with Crippen LogP contribution in [0.2, 0.25) is 0 Å². The van der Waals surface area contributed by atoms with Crippen LogP contribution in [0.25, 0.3) is 10.9 Å². The Morgan fingerprint density at radius 1 is 1.15 bits per heavy atom. The van der Waals surface area contributed by atoms with Crippen LogP contribution in [0.1, 0.15) is 86.2 Å². The van der Waals surface area contributed by atoms with E-state index in [-0.39, 0.29) is 31.4 Å². The molecule has 4 rings (SSSR count). The molecule has 1 aliphatic rings. The van der Waals surface area contributed by atoms with Gasteiger partial charge in [0.15, 0.2) is 0 Å². The van der Waals surface area contributed by atoms with Crippen molar-refractivity contribution in [3.63, 3.8) is 0 Å². The molecule has 46 heavy (non-hydrogen) atoms. The van der Waals surface area contributed by atoms with E-state index >= 15 is 0 Å². The molecule has 0 radical (unpaired) electrons. The number of esters is 1. The maximum absolute atomic E-state index is 14.0. The average Bonchev–Trinajstić information content (AvgIpc) is 3.00. The summed E-state index contributed by atoms with van der Waals surface area (Å²) in [6.07, 6.45) is -3.29. The molecule has 1 fully saturated rings. The van der Waals surface area contributed by atoms with Gasteiger partial charge in [0.25, 0.3) is 5.91 Å². The fourth-order valence-electron chi connectivity index (χ4n) is 6.00. The number of nitrogens with zero attached hydrogens (tertiary/aromatic N) is 2. The van der Waals surface area contributed by atoms with Gasteiger partial charge in [-0.3, -0.25) is 9.59 Å². The van der Waals surface area contributed by atoms with Gasteiger partial charge in [-0.05, 0) is 68.4 Å². The number of aromatic nitrogens is 1. The highest BCUT2D eigenvalue weighted by Gasteiger charge is 2.33. The number of nitrogens with one attached hydrogen (secondary N) is 1. The van der Waals surface area contributed by atoms with E-state index < -0.39 is 36.3 Å². The summed E-state index contributed by atoms with van der Waals surface area (Å²) in [5.74, 6) is -1.22. The summed E-state index contributed by atoms with van der Waals surface area (Å²) < 4.78 is 63.7. The van der Waals surface area contributed by atoms with Gasteiger partial charge < -0.3 is 19.7 Å². The minimum absolute atomic E-state index is 0.0186. The zero-order valence-electron chi connectivity index (χ0n) is 26.3. The molecule has 1 aliphatic heterocycles. The van der Waals surface area contributed by atoms with Crippen molar-refractivity contribution >= 4 is 44.5 Å². The van der Waals surface area contributed by atoms with Crippen LogP contribution < -0.4 is 15.0 Å². The van der Waals surface area contributed by atoms with Crippen molar-refractivity contribution in [2.75, 3.05) is 24.5 Å². The molecule has 3 atom stereocenters. The van der Waals surface area contributed by atoms with Crippen molar-refractivity contribution in [2.45, 2.75) is 84.4 Å².